The molecule has 0 aliphatic rings. The van der Waals surface area contributed by atoms with Crippen LogP contribution in [0.5, 0.6) is 5.88 Å². The molecule has 0 radical (unpaired) electrons. The average molecular weight is 230 g/mol. The Morgan fingerprint density at radius 2 is 2.18 bits per heavy atom. The summed E-state index contributed by atoms with van der Waals surface area (Å²) in [6, 6.07) is 6.74. The van der Waals surface area contributed by atoms with E-state index in [-0.39, 0.29) is 11.6 Å². The van der Waals surface area contributed by atoms with Crippen molar-refractivity contribution in [3.63, 3.8) is 0 Å². The van der Waals surface area contributed by atoms with Crippen LogP contribution in [0.1, 0.15) is 10.5 Å². The maximum Gasteiger partial charge on any atom is 0.354 e. The molecule has 0 atom stereocenters. The predicted octanol–water partition coefficient (Wildman–Crippen LogP) is 1.85. The lowest BCUT2D eigenvalue weighted by molar-refractivity contribution is 0.0689. The van der Waals surface area contributed by atoms with Crippen molar-refractivity contribution in [3.05, 3.63) is 42.4 Å². The third-order valence-electron chi connectivity index (χ3n) is 2.25. The van der Waals surface area contributed by atoms with E-state index in [2.05, 4.69) is 9.97 Å². The van der Waals surface area contributed by atoms with Crippen molar-refractivity contribution < 1.29 is 14.6 Å². The van der Waals surface area contributed by atoms with Gasteiger partial charge in [-0.05, 0) is 18.2 Å². The molecule has 5 nitrogen and oxygen atoms in total. The Labute approximate surface area is 97.7 Å². The first kappa shape index (κ1) is 11.1. The summed E-state index contributed by atoms with van der Waals surface area (Å²) in [5.74, 6) is -0.807. The van der Waals surface area contributed by atoms with Crippen molar-refractivity contribution >= 4 is 5.97 Å². The number of carboxylic acids is 1. The Hall–Kier alpha value is -2.43. The minimum absolute atomic E-state index is 0.0468. The number of rotatable bonds is 3. The Kier molecular flexibility index (Phi) is 3.00. The van der Waals surface area contributed by atoms with Crippen molar-refractivity contribution in [2.45, 2.75) is 0 Å². The van der Waals surface area contributed by atoms with Crippen molar-refractivity contribution in [2.75, 3.05) is 7.11 Å². The number of methoxy groups -OCH3 is 1. The number of hydrogen-bond donors (Lipinski definition) is 1. The second kappa shape index (κ2) is 4.61. The number of carboxylic acid groups (broad SMARTS) is 1. The van der Waals surface area contributed by atoms with Crippen LogP contribution in [0.4, 0.5) is 0 Å². The van der Waals surface area contributed by atoms with E-state index in [1.807, 2.05) is 6.07 Å². The van der Waals surface area contributed by atoms with Crippen LogP contribution in [0.3, 0.4) is 0 Å². The zero-order valence-corrected chi connectivity index (χ0v) is 9.12. The minimum Gasteiger partial charge on any atom is -0.481 e. The van der Waals surface area contributed by atoms with E-state index in [9.17, 15) is 4.79 Å². The average Bonchev–Trinajstić information content (AvgIpc) is 2.39. The zero-order valence-electron chi connectivity index (χ0n) is 9.12. The number of hydrogen-bond acceptors (Lipinski definition) is 4. The molecule has 2 aromatic rings. The molecular weight excluding hydrogens is 220 g/mol. The van der Waals surface area contributed by atoms with E-state index in [4.69, 9.17) is 9.84 Å². The molecule has 0 fully saturated rings. The SMILES string of the molecule is COc1nc(C(=O)O)ccc1-c1cccnc1. The van der Waals surface area contributed by atoms with E-state index in [1.165, 1.54) is 13.2 Å². The van der Waals surface area contributed by atoms with Crippen LogP contribution in [-0.4, -0.2) is 28.2 Å². The van der Waals surface area contributed by atoms with Crippen LogP contribution >= 0.6 is 0 Å². The quantitative estimate of drug-likeness (QED) is 0.871. The molecule has 0 saturated heterocycles. The lowest BCUT2D eigenvalue weighted by Gasteiger charge is -2.07. The second-order valence-electron chi connectivity index (χ2n) is 3.30. The highest BCUT2D eigenvalue weighted by molar-refractivity contribution is 5.86. The van der Waals surface area contributed by atoms with E-state index in [1.54, 1.807) is 24.5 Å². The second-order valence-corrected chi connectivity index (χ2v) is 3.30. The molecule has 17 heavy (non-hydrogen) atoms. The first-order chi connectivity index (χ1) is 8.22. The summed E-state index contributed by atoms with van der Waals surface area (Å²) in [7, 11) is 1.45. The predicted molar refractivity (Wildman–Crippen MR) is 61.0 cm³/mol. The molecule has 86 valence electrons. The van der Waals surface area contributed by atoms with Crippen molar-refractivity contribution in [3.8, 4) is 17.0 Å². The number of nitrogens with zero attached hydrogens (tertiary/aromatic N) is 2. The normalized spacial score (nSPS) is 9.94. The smallest absolute Gasteiger partial charge is 0.354 e. The molecule has 1 N–H and O–H groups in total. The summed E-state index contributed by atoms with van der Waals surface area (Å²) in [4.78, 5) is 18.7. The molecule has 2 heterocycles. The van der Waals surface area contributed by atoms with Gasteiger partial charge >= 0.3 is 5.97 Å². The maximum atomic E-state index is 10.8. The molecule has 0 bridgehead atoms. The maximum absolute atomic E-state index is 10.8. The topological polar surface area (TPSA) is 72.3 Å². The van der Waals surface area contributed by atoms with Gasteiger partial charge in [-0.3, -0.25) is 4.98 Å². The summed E-state index contributed by atoms with van der Waals surface area (Å²) in [6.45, 7) is 0. The third kappa shape index (κ3) is 2.23. The first-order valence-corrected chi connectivity index (χ1v) is 4.91. The Bertz CT molecular complexity index is 541. The van der Waals surface area contributed by atoms with Gasteiger partial charge < -0.3 is 9.84 Å². The number of aromatic nitrogens is 2. The number of ether oxygens (including phenoxy) is 1. The fourth-order valence-corrected chi connectivity index (χ4v) is 1.46. The first-order valence-electron chi connectivity index (χ1n) is 4.91. The van der Waals surface area contributed by atoms with Gasteiger partial charge in [-0.15, -0.1) is 0 Å². The van der Waals surface area contributed by atoms with Crippen molar-refractivity contribution in [1.82, 2.24) is 9.97 Å². The molecule has 0 amide bonds. The van der Waals surface area contributed by atoms with E-state index in [0.29, 0.717) is 5.56 Å². The molecular formula is C12H10N2O3. The van der Waals surface area contributed by atoms with Gasteiger partial charge in [-0.1, -0.05) is 6.07 Å². The molecule has 0 aliphatic carbocycles. The third-order valence-corrected chi connectivity index (χ3v) is 2.25. The van der Waals surface area contributed by atoms with Crippen molar-refractivity contribution in [2.24, 2.45) is 0 Å². The fourth-order valence-electron chi connectivity index (χ4n) is 1.46. The van der Waals surface area contributed by atoms with Gasteiger partial charge in [0.2, 0.25) is 5.88 Å². The van der Waals surface area contributed by atoms with Crippen molar-refractivity contribution in [1.29, 1.82) is 0 Å². The highest BCUT2D eigenvalue weighted by Crippen LogP contribution is 2.27. The van der Waals surface area contributed by atoms with Crippen LogP contribution in [0.2, 0.25) is 0 Å². The van der Waals surface area contributed by atoms with Gasteiger partial charge in [0.05, 0.1) is 7.11 Å². The lowest BCUT2D eigenvalue weighted by Crippen LogP contribution is -2.02. The van der Waals surface area contributed by atoms with Gasteiger partial charge in [-0.2, -0.15) is 0 Å². The number of carbonyl (C=O) groups is 1. The highest BCUT2D eigenvalue weighted by atomic mass is 16.5. The molecule has 5 heteroatoms. The molecule has 0 aromatic carbocycles. The Balaban J connectivity index is 2.52. The molecule has 0 unspecified atom stereocenters. The summed E-state index contributed by atoms with van der Waals surface area (Å²) in [6.07, 6.45) is 3.33. The minimum atomic E-state index is -1.08. The van der Waals surface area contributed by atoms with Gasteiger partial charge in [0.15, 0.2) is 5.69 Å². The molecule has 0 spiro atoms. The van der Waals surface area contributed by atoms with Crippen LogP contribution in [0.25, 0.3) is 11.1 Å². The lowest BCUT2D eigenvalue weighted by atomic mass is 10.1. The monoisotopic (exact) mass is 230 g/mol. The number of aromatic carboxylic acids is 1. The summed E-state index contributed by atoms with van der Waals surface area (Å²) in [5, 5.41) is 8.84. The number of pyridine rings is 2. The van der Waals surface area contributed by atoms with E-state index >= 15 is 0 Å². The van der Waals surface area contributed by atoms with Crippen LogP contribution in [0.15, 0.2) is 36.7 Å². The van der Waals surface area contributed by atoms with Gasteiger partial charge in [-0.25, -0.2) is 9.78 Å². The summed E-state index contributed by atoms with van der Waals surface area (Å²) >= 11 is 0. The van der Waals surface area contributed by atoms with Crippen LogP contribution in [0, 0.1) is 0 Å². The largest absolute Gasteiger partial charge is 0.481 e. The summed E-state index contributed by atoms with van der Waals surface area (Å²) < 4.78 is 5.09. The fraction of sp³-hybridized carbons (Fsp3) is 0.0833. The van der Waals surface area contributed by atoms with Crippen LogP contribution < -0.4 is 4.74 Å². The molecule has 2 aromatic heterocycles. The van der Waals surface area contributed by atoms with Gasteiger partial charge in [0.25, 0.3) is 0 Å². The standard InChI is InChI=1S/C12H10N2O3/c1-17-11-9(8-3-2-6-13-7-8)4-5-10(14-11)12(15)16/h2-7H,1H3,(H,15,16). The Morgan fingerprint density at radius 3 is 2.76 bits per heavy atom. The van der Waals surface area contributed by atoms with E-state index in [0.717, 1.165) is 5.56 Å². The Morgan fingerprint density at radius 1 is 1.35 bits per heavy atom. The molecule has 0 saturated carbocycles. The summed E-state index contributed by atoms with van der Waals surface area (Å²) in [5.41, 5.74) is 1.49. The highest BCUT2D eigenvalue weighted by Gasteiger charge is 2.12. The molecule has 0 aliphatic heterocycles. The van der Waals surface area contributed by atoms with E-state index < -0.39 is 5.97 Å². The molecule has 2 rings (SSSR count). The van der Waals surface area contributed by atoms with Gasteiger partial charge in [0.1, 0.15) is 0 Å². The van der Waals surface area contributed by atoms with Crippen LogP contribution in [-0.2, 0) is 0 Å². The zero-order chi connectivity index (χ0) is 12.3. The van der Waals surface area contributed by atoms with Gasteiger partial charge in [0, 0.05) is 23.5 Å².